The van der Waals surface area contributed by atoms with Crippen LogP contribution < -0.4 is 15.5 Å². The standard InChI is InChI=1S/C19H26FN5/c1-4-25(5-2)18-10-9-15(12-17(18)20)13-23-19(21-3)24-14-16-8-6-7-11-22-16/h6-12H,4-5,13-14H2,1-3H3,(H2,21,23,24). The highest BCUT2D eigenvalue weighted by Gasteiger charge is 2.09. The Kier molecular flexibility index (Phi) is 7.19. The largest absolute Gasteiger partial charge is 0.370 e. The second-order valence-electron chi connectivity index (χ2n) is 5.56. The van der Waals surface area contributed by atoms with Crippen molar-refractivity contribution in [3.05, 3.63) is 59.7 Å². The van der Waals surface area contributed by atoms with Crippen LogP contribution in [0, 0.1) is 5.82 Å². The summed E-state index contributed by atoms with van der Waals surface area (Å²) in [4.78, 5) is 10.4. The number of benzene rings is 1. The molecular weight excluding hydrogens is 317 g/mol. The van der Waals surface area contributed by atoms with Gasteiger partial charge in [-0.05, 0) is 43.7 Å². The molecule has 0 saturated heterocycles. The predicted octanol–water partition coefficient (Wildman–Crippen LogP) is 2.93. The molecule has 134 valence electrons. The second kappa shape index (κ2) is 9.61. The smallest absolute Gasteiger partial charge is 0.191 e. The SMILES string of the molecule is CCN(CC)c1ccc(CNC(=NC)NCc2ccccn2)cc1F. The molecule has 0 unspecified atom stereocenters. The average molecular weight is 343 g/mol. The van der Waals surface area contributed by atoms with Gasteiger partial charge in [-0.25, -0.2) is 4.39 Å². The summed E-state index contributed by atoms with van der Waals surface area (Å²) >= 11 is 0. The Labute approximate surface area is 149 Å². The van der Waals surface area contributed by atoms with Crippen molar-refractivity contribution in [2.45, 2.75) is 26.9 Å². The lowest BCUT2D eigenvalue weighted by molar-refractivity contribution is 0.617. The van der Waals surface area contributed by atoms with Crippen molar-refractivity contribution >= 4 is 11.6 Å². The van der Waals surface area contributed by atoms with Gasteiger partial charge in [-0.1, -0.05) is 12.1 Å². The van der Waals surface area contributed by atoms with E-state index in [4.69, 9.17) is 0 Å². The van der Waals surface area contributed by atoms with Crippen LogP contribution >= 0.6 is 0 Å². The monoisotopic (exact) mass is 343 g/mol. The van der Waals surface area contributed by atoms with Gasteiger partial charge in [0.1, 0.15) is 5.82 Å². The lowest BCUT2D eigenvalue weighted by Gasteiger charge is -2.22. The fourth-order valence-electron chi connectivity index (χ4n) is 2.56. The van der Waals surface area contributed by atoms with Gasteiger partial charge in [0.25, 0.3) is 0 Å². The number of halogens is 1. The molecule has 0 radical (unpaired) electrons. The van der Waals surface area contributed by atoms with E-state index in [1.54, 1.807) is 19.3 Å². The normalized spacial score (nSPS) is 11.3. The summed E-state index contributed by atoms with van der Waals surface area (Å²) in [5.74, 6) is 0.457. The van der Waals surface area contributed by atoms with Gasteiger partial charge in [-0.3, -0.25) is 9.98 Å². The number of nitrogens with zero attached hydrogens (tertiary/aromatic N) is 3. The second-order valence-corrected chi connectivity index (χ2v) is 5.56. The summed E-state index contributed by atoms with van der Waals surface area (Å²) in [5.41, 5.74) is 2.45. The molecule has 1 heterocycles. The van der Waals surface area contributed by atoms with E-state index in [9.17, 15) is 4.39 Å². The number of aromatic nitrogens is 1. The van der Waals surface area contributed by atoms with Crippen LogP contribution in [0.15, 0.2) is 47.6 Å². The summed E-state index contributed by atoms with van der Waals surface area (Å²) < 4.78 is 14.3. The van der Waals surface area contributed by atoms with Gasteiger partial charge >= 0.3 is 0 Å². The zero-order chi connectivity index (χ0) is 18.1. The molecule has 25 heavy (non-hydrogen) atoms. The Morgan fingerprint density at radius 2 is 1.88 bits per heavy atom. The molecule has 6 heteroatoms. The van der Waals surface area contributed by atoms with E-state index in [2.05, 4.69) is 20.6 Å². The molecular formula is C19H26FN5. The number of hydrogen-bond donors (Lipinski definition) is 2. The van der Waals surface area contributed by atoms with Gasteiger partial charge in [-0.15, -0.1) is 0 Å². The molecule has 0 aliphatic heterocycles. The average Bonchev–Trinajstić information content (AvgIpc) is 2.65. The maximum atomic E-state index is 14.3. The molecule has 1 aromatic heterocycles. The maximum Gasteiger partial charge on any atom is 0.191 e. The highest BCUT2D eigenvalue weighted by atomic mass is 19.1. The van der Waals surface area contributed by atoms with E-state index < -0.39 is 0 Å². The summed E-state index contributed by atoms with van der Waals surface area (Å²) in [6.07, 6.45) is 1.76. The summed E-state index contributed by atoms with van der Waals surface area (Å²) in [6, 6.07) is 11.1. The van der Waals surface area contributed by atoms with Crippen molar-refractivity contribution in [2.75, 3.05) is 25.0 Å². The molecule has 5 nitrogen and oxygen atoms in total. The van der Waals surface area contributed by atoms with Crippen molar-refractivity contribution in [2.24, 2.45) is 4.99 Å². The zero-order valence-electron chi connectivity index (χ0n) is 15.1. The Hall–Kier alpha value is -2.63. The zero-order valence-corrected chi connectivity index (χ0v) is 15.1. The first-order valence-corrected chi connectivity index (χ1v) is 8.55. The number of pyridine rings is 1. The molecule has 0 aliphatic carbocycles. The van der Waals surface area contributed by atoms with Gasteiger partial charge in [-0.2, -0.15) is 0 Å². The molecule has 0 fully saturated rings. The van der Waals surface area contributed by atoms with Crippen LogP contribution in [0.3, 0.4) is 0 Å². The van der Waals surface area contributed by atoms with Crippen LogP contribution in [0.25, 0.3) is 0 Å². The minimum Gasteiger partial charge on any atom is -0.370 e. The molecule has 0 spiro atoms. The van der Waals surface area contributed by atoms with E-state index in [0.717, 1.165) is 24.3 Å². The van der Waals surface area contributed by atoms with E-state index in [1.165, 1.54) is 0 Å². The lowest BCUT2D eigenvalue weighted by Crippen LogP contribution is -2.36. The Morgan fingerprint density at radius 3 is 2.48 bits per heavy atom. The third kappa shape index (κ3) is 5.45. The third-order valence-corrected chi connectivity index (χ3v) is 3.96. The van der Waals surface area contributed by atoms with Crippen LogP contribution in [0.2, 0.25) is 0 Å². The lowest BCUT2D eigenvalue weighted by atomic mass is 10.2. The highest BCUT2D eigenvalue weighted by Crippen LogP contribution is 2.20. The summed E-state index contributed by atoms with van der Waals surface area (Å²) in [5, 5.41) is 6.38. The van der Waals surface area contributed by atoms with Gasteiger partial charge < -0.3 is 15.5 Å². The van der Waals surface area contributed by atoms with E-state index in [0.29, 0.717) is 24.7 Å². The van der Waals surface area contributed by atoms with Crippen LogP contribution in [-0.4, -0.2) is 31.1 Å². The molecule has 0 aliphatic rings. The number of rotatable bonds is 7. The van der Waals surface area contributed by atoms with Crippen molar-refractivity contribution < 1.29 is 4.39 Å². The maximum absolute atomic E-state index is 14.3. The Bertz CT molecular complexity index is 683. The molecule has 2 rings (SSSR count). The molecule has 2 aromatic rings. The highest BCUT2D eigenvalue weighted by molar-refractivity contribution is 5.79. The molecule has 1 aromatic carbocycles. The van der Waals surface area contributed by atoms with Crippen LogP contribution in [-0.2, 0) is 13.1 Å². The van der Waals surface area contributed by atoms with Crippen LogP contribution in [0.5, 0.6) is 0 Å². The van der Waals surface area contributed by atoms with Crippen LogP contribution in [0.1, 0.15) is 25.1 Å². The van der Waals surface area contributed by atoms with E-state index in [-0.39, 0.29) is 5.82 Å². The van der Waals surface area contributed by atoms with Gasteiger partial charge in [0.2, 0.25) is 0 Å². The minimum atomic E-state index is -0.195. The number of guanidine groups is 1. The van der Waals surface area contributed by atoms with Crippen molar-refractivity contribution in [1.29, 1.82) is 0 Å². The van der Waals surface area contributed by atoms with Crippen molar-refractivity contribution in [3.8, 4) is 0 Å². The first kappa shape index (κ1) is 18.7. The Balaban J connectivity index is 1.92. The van der Waals surface area contributed by atoms with Gasteiger partial charge in [0.15, 0.2) is 5.96 Å². The fraction of sp³-hybridized carbons (Fsp3) is 0.368. The van der Waals surface area contributed by atoms with Crippen LogP contribution in [0.4, 0.5) is 10.1 Å². The first-order valence-electron chi connectivity index (χ1n) is 8.55. The molecule has 0 bridgehead atoms. The topological polar surface area (TPSA) is 52.5 Å². The fourth-order valence-corrected chi connectivity index (χ4v) is 2.56. The molecule has 2 N–H and O–H groups in total. The van der Waals surface area contributed by atoms with Gasteiger partial charge in [0.05, 0.1) is 17.9 Å². The Morgan fingerprint density at radius 1 is 1.12 bits per heavy atom. The van der Waals surface area contributed by atoms with Crippen molar-refractivity contribution in [1.82, 2.24) is 15.6 Å². The summed E-state index contributed by atoms with van der Waals surface area (Å²) in [6.45, 7) is 6.70. The molecule has 0 atom stereocenters. The number of nitrogens with one attached hydrogen (secondary N) is 2. The minimum absolute atomic E-state index is 0.195. The quantitative estimate of drug-likeness (QED) is 0.599. The first-order chi connectivity index (χ1) is 12.2. The van der Waals surface area contributed by atoms with E-state index >= 15 is 0 Å². The predicted molar refractivity (Wildman–Crippen MR) is 101 cm³/mol. The van der Waals surface area contributed by atoms with E-state index in [1.807, 2.05) is 49.1 Å². The third-order valence-electron chi connectivity index (χ3n) is 3.96. The van der Waals surface area contributed by atoms with Gasteiger partial charge in [0, 0.05) is 32.9 Å². The number of anilines is 1. The number of hydrogen-bond acceptors (Lipinski definition) is 3. The number of aliphatic imine (C=N–C) groups is 1. The molecule has 0 saturated carbocycles. The summed E-state index contributed by atoms with van der Waals surface area (Å²) in [7, 11) is 1.71. The molecule has 0 amide bonds. The van der Waals surface area contributed by atoms with Crippen molar-refractivity contribution in [3.63, 3.8) is 0 Å².